The topological polar surface area (TPSA) is 65.5 Å². The number of carbonyl (C=O) groups excluding carboxylic acids is 2. The number of rotatable bonds is 2. The number of aryl methyl sites for hydroxylation is 1. The van der Waals surface area contributed by atoms with E-state index in [4.69, 9.17) is 0 Å². The standard InChI is InChI=1S/C14H20N4O2S/c1-10-12(21-9-16-10)14(20)18-6-2-3-11(18)13(19)17-7-4-15-5-8-17/h9,11,15H,2-8H2,1H3. The molecule has 2 saturated heterocycles. The Labute approximate surface area is 128 Å². The predicted octanol–water partition coefficient (Wildman–Crippen LogP) is 0.488. The van der Waals surface area contributed by atoms with Crippen LogP contribution < -0.4 is 5.32 Å². The number of likely N-dealkylation sites (tertiary alicyclic amines) is 1. The SMILES string of the molecule is Cc1ncsc1C(=O)N1CCCC1C(=O)N1CCNCC1. The Bertz CT molecular complexity index is 539. The summed E-state index contributed by atoms with van der Waals surface area (Å²) in [5.41, 5.74) is 2.44. The Morgan fingerprint density at radius 3 is 2.76 bits per heavy atom. The van der Waals surface area contributed by atoms with Gasteiger partial charge in [0.2, 0.25) is 5.91 Å². The second-order valence-corrected chi connectivity index (χ2v) is 6.35. The zero-order valence-electron chi connectivity index (χ0n) is 12.2. The van der Waals surface area contributed by atoms with Crippen LogP contribution in [0.3, 0.4) is 0 Å². The van der Waals surface area contributed by atoms with Crippen molar-refractivity contribution in [1.82, 2.24) is 20.1 Å². The first kappa shape index (κ1) is 14.5. The van der Waals surface area contributed by atoms with Crippen LogP contribution in [0.15, 0.2) is 5.51 Å². The highest BCUT2D eigenvalue weighted by Gasteiger charge is 2.37. The molecule has 0 spiro atoms. The smallest absolute Gasteiger partial charge is 0.266 e. The molecule has 1 atom stereocenters. The number of piperazine rings is 1. The van der Waals surface area contributed by atoms with Gasteiger partial charge in [-0.1, -0.05) is 0 Å². The van der Waals surface area contributed by atoms with Gasteiger partial charge in [0.05, 0.1) is 11.2 Å². The second-order valence-electron chi connectivity index (χ2n) is 5.50. The third-order valence-corrected chi connectivity index (χ3v) is 5.08. The van der Waals surface area contributed by atoms with Crippen molar-refractivity contribution in [3.05, 3.63) is 16.1 Å². The lowest BCUT2D eigenvalue weighted by molar-refractivity contribution is -0.135. The molecule has 0 saturated carbocycles. The first-order valence-corrected chi connectivity index (χ1v) is 8.27. The molecule has 1 aromatic heterocycles. The lowest BCUT2D eigenvalue weighted by Crippen LogP contribution is -2.53. The van der Waals surface area contributed by atoms with E-state index in [0.29, 0.717) is 11.4 Å². The largest absolute Gasteiger partial charge is 0.338 e. The number of aromatic nitrogens is 1. The Kier molecular flexibility index (Phi) is 4.21. The number of nitrogens with zero attached hydrogens (tertiary/aromatic N) is 3. The summed E-state index contributed by atoms with van der Waals surface area (Å²) in [4.78, 5) is 33.7. The van der Waals surface area contributed by atoms with Gasteiger partial charge in [0.15, 0.2) is 0 Å². The quantitative estimate of drug-likeness (QED) is 0.863. The van der Waals surface area contributed by atoms with Crippen LogP contribution in [0.5, 0.6) is 0 Å². The first-order valence-electron chi connectivity index (χ1n) is 7.39. The molecule has 0 bridgehead atoms. The van der Waals surface area contributed by atoms with Gasteiger partial charge in [-0.2, -0.15) is 0 Å². The number of hydrogen-bond donors (Lipinski definition) is 1. The molecule has 2 fully saturated rings. The van der Waals surface area contributed by atoms with E-state index in [-0.39, 0.29) is 17.9 Å². The average Bonchev–Trinajstić information content (AvgIpc) is 3.15. The molecule has 3 heterocycles. The van der Waals surface area contributed by atoms with Crippen molar-refractivity contribution in [3.8, 4) is 0 Å². The second kappa shape index (κ2) is 6.11. The Morgan fingerprint density at radius 1 is 1.33 bits per heavy atom. The average molecular weight is 308 g/mol. The van der Waals surface area contributed by atoms with Crippen molar-refractivity contribution in [2.75, 3.05) is 32.7 Å². The zero-order valence-corrected chi connectivity index (χ0v) is 13.0. The van der Waals surface area contributed by atoms with E-state index >= 15 is 0 Å². The molecule has 2 amide bonds. The maximum absolute atomic E-state index is 12.7. The molecule has 1 unspecified atom stereocenters. The van der Waals surface area contributed by atoms with Crippen LogP contribution in [0.1, 0.15) is 28.2 Å². The van der Waals surface area contributed by atoms with E-state index in [1.165, 1.54) is 11.3 Å². The van der Waals surface area contributed by atoms with Crippen molar-refractivity contribution < 1.29 is 9.59 Å². The minimum absolute atomic E-state index is 0.0408. The van der Waals surface area contributed by atoms with Gasteiger partial charge in [-0.05, 0) is 19.8 Å². The zero-order chi connectivity index (χ0) is 14.8. The van der Waals surface area contributed by atoms with E-state index in [0.717, 1.165) is 44.7 Å². The number of thiazole rings is 1. The maximum Gasteiger partial charge on any atom is 0.266 e. The molecule has 7 heteroatoms. The van der Waals surface area contributed by atoms with E-state index in [9.17, 15) is 9.59 Å². The molecule has 3 rings (SSSR count). The molecule has 1 aromatic rings. The molecule has 2 aliphatic heterocycles. The molecule has 1 N–H and O–H groups in total. The van der Waals surface area contributed by atoms with Crippen LogP contribution in [-0.2, 0) is 4.79 Å². The van der Waals surface area contributed by atoms with E-state index < -0.39 is 0 Å². The molecule has 6 nitrogen and oxygen atoms in total. The Balaban J connectivity index is 1.74. The first-order chi connectivity index (χ1) is 10.2. The lowest BCUT2D eigenvalue weighted by Gasteiger charge is -2.32. The van der Waals surface area contributed by atoms with Crippen LogP contribution in [0.2, 0.25) is 0 Å². The summed E-state index contributed by atoms with van der Waals surface area (Å²) >= 11 is 1.36. The van der Waals surface area contributed by atoms with Crippen LogP contribution >= 0.6 is 11.3 Å². The van der Waals surface area contributed by atoms with Gasteiger partial charge in [0.25, 0.3) is 5.91 Å². The fourth-order valence-electron chi connectivity index (χ4n) is 3.00. The molecular formula is C14H20N4O2S. The molecule has 0 aromatic carbocycles. The highest BCUT2D eigenvalue weighted by molar-refractivity contribution is 7.11. The highest BCUT2D eigenvalue weighted by Crippen LogP contribution is 2.24. The Morgan fingerprint density at radius 2 is 2.10 bits per heavy atom. The number of nitrogens with one attached hydrogen (secondary N) is 1. The highest BCUT2D eigenvalue weighted by atomic mass is 32.1. The van der Waals surface area contributed by atoms with Gasteiger partial charge in [0.1, 0.15) is 10.9 Å². The van der Waals surface area contributed by atoms with Gasteiger partial charge in [-0.15, -0.1) is 11.3 Å². The van der Waals surface area contributed by atoms with Crippen LogP contribution in [0.25, 0.3) is 0 Å². The summed E-state index contributed by atoms with van der Waals surface area (Å²) in [6.45, 7) is 5.64. The fourth-order valence-corrected chi connectivity index (χ4v) is 3.76. The van der Waals surface area contributed by atoms with Gasteiger partial charge in [0, 0.05) is 32.7 Å². The van der Waals surface area contributed by atoms with Crippen molar-refractivity contribution >= 4 is 23.2 Å². The summed E-state index contributed by atoms with van der Waals surface area (Å²) in [6, 6.07) is -0.294. The minimum atomic E-state index is -0.294. The predicted molar refractivity (Wildman–Crippen MR) is 80.4 cm³/mol. The number of amides is 2. The number of hydrogen-bond acceptors (Lipinski definition) is 5. The monoisotopic (exact) mass is 308 g/mol. The number of carbonyl (C=O) groups is 2. The summed E-state index contributed by atoms with van der Waals surface area (Å²) in [6.07, 6.45) is 1.67. The van der Waals surface area contributed by atoms with Crippen molar-refractivity contribution in [3.63, 3.8) is 0 Å². The van der Waals surface area contributed by atoms with Crippen LogP contribution in [-0.4, -0.2) is 65.4 Å². The van der Waals surface area contributed by atoms with Gasteiger partial charge >= 0.3 is 0 Å². The normalized spacial score (nSPS) is 22.6. The minimum Gasteiger partial charge on any atom is -0.338 e. The third-order valence-electron chi connectivity index (χ3n) is 4.17. The van der Waals surface area contributed by atoms with Gasteiger partial charge in [-0.3, -0.25) is 9.59 Å². The molecule has 21 heavy (non-hydrogen) atoms. The molecule has 114 valence electrons. The Hall–Kier alpha value is -1.47. The molecule has 0 aliphatic carbocycles. The van der Waals surface area contributed by atoms with Crippen molar-refractivity contribution in [1.29, 1.82) is 0 Å². The summed E-state index contributed by atoms with van der Waals surface area (Å²) in [5, 5.41) is 3.24. The third kappa shape index (κ3) is 2.80. The van der Waals surface area contributed by atoms with Crippen molar-refractivity contribution in [2.45, 2.75) is 25.8 Å². The van der Waals surface area contributed by atoms with E-state index in [1.54, 1.807) is 10.4 Å². The van der Waals surface area contributed by atoms with Crippen LogP contribution in [0, 0.1) is 6.92 Å². The fraction of sp³-hybridized carbons (Fsp3) is 0.643. The molecular weight excluding hydrogens is 288 g/mol. The van der Waals surface area contributed by atoms with Gasteiger partial charge in [-0.25, -0.2) is 4.98 Å². The molecule has 0 radical (unpaired) electrons. The summed E-state index contributed by atoms with van der Waals surface area (Å²) in [5.74, 6) is 0.0607. The molecule has 2 aliphatic rings. The summed E-state index contributed by atoms with van der Waals surface area (Å²) < 4.78 is 0. The van der Waals surface area contributed by atoms with Gasteiger partial charge < -0.3 is 15.1 Å². The van der Waals surface area contributed by atoms with Crippen LogP contribution in [0.4, 0.5) is 0 Å². The summed E-state index contributed by atoms with van der Waals surface area (Å²) in [7, 11) is 0. The maximum atomic E-state index is 12.7. The lowest BCUT2D eigenvalue weighted by atomic mass is 10.1. The van der Waals surface area contributed by atoms with E-state index in [2.05, 4.69) is 10.3 Å². The van der Waals surface area contributed by atoms with E-state index in [1.807, 2.05) is 11.8 Å². The van der Waals surface area contributed by atoms with Crippen molar-refractivity contribution in [2.24, 2.45) is 0 Å².